The summed E-state index contributed by atoms with van der Waals surface area (Å²) >= 11 is 3.08. The highest BCUT2D eigenvalue weighted by Crippen LogP contribution is 2.30. The number of ether oxygens (including phenoxy) is 2. The Labute approximate surface area is 212 Å². The fraction of sp³-hybridized carbons (Fsp3) is 0.440. The summed E-state index contributed by atoms with van der Waals surface area (Å²) in [5, 5.41) is 10.0. The van der Waals surface area contributed by atoms with Crippen molar-refractivity contribution >= 4 is 34.5 Å². The fourth-order valence-electron chi connectivity index (χ4n) is 3.07. The molecule has 0 aliphatic heterocycles. The van der Waals surface area contributed by atoms with Gasteiger partial charge in [-0.25, -0.2) is 4.79 Å². The van der Waals surface area contributed by atoms with Gasteiger partial charge in [-0.1, -0.05) is 13.3 Å². The third-order valence-electron chi connectivity index (χ3n) is 4.92. The topological polar surface area (TPSA) is 68.1 Å². The van der Waals surface area contributed by atoms with Crippen LogP contribution in [0.25, 0.3) is 0 Å². The largest absolute Gasteiger partial charge is 0.573 e. The molecule has 1 unspecified atom stereocenters. The van der Waals surface area contributed by atoms with Crippen molar-refractivity contribution in [2.24, 2.45) is 4.99 Å². The van der Waals surface area contributed by atoms with E-state index in [2.05, 4.69) is 11.7 Å². The molecule has 2 aromatic carbocycles. The number of carboxylic acid groups (broad SMARTS) is 1. The van der Waals surface area contributed by atoms with Gasteiger partial charge < -0.3 is 14.6 Å². The maximum atomic E-state index is 12.4. The van der Waals surface area contributed by atoms with E-state index in [1.807, 2.05) is 25.3 Å². The predicted molar refractivity (Wildman–Crippen MR) is 136 cm³/mol. The first-order chi connectivity index (χ1) is 16.3. The number of benzene rings is 2. The summed E-state index contributed by atoms with van der Waals surface area (Å²) in [5.41, 5.74) is 0.244. The molecule has 10 heteroatoms. The highest BCUT2D eigenvalue weighted by atomic mass is 32.2. The summed E-state index contributed by atoms with van der Waals surface area (Å²) in [6.07, 6.45) is -1.05. The Balaban J connectivity index is 2.12. The van der Waals surface area contributed by atoms with Gasteiger partial charge in [-0.05, 0) is 81.5 Å². The van der Waals surface area contributed by atoms with Crippen molar-refractivity contribution < 1.29 is 32.5 Å². The molecule has 0 aliphatic carbocycles. The van der Waals surface area contributed by atoms with Gasteiger partial charge in [0.05, 0.1) is 11.1 Å². The number of hydrogen-bond acceptors (Lipinski definition) is 6. The van der Waals surface area contributed by atoms with Gasteiger partial charge in [0, 0.05) is 16.2 Å². The fourth-order valence-corrected chi connectivity index (χ4v) is 4.74. The lowest BCUT2D eigenvalue weighted by Gasteiger charge is -2.23. The Morgan fingerprint density at radius 3 is 2.29 bits per heavy atom. The minimum absolute atomic E-state index is 0.0146. The molecular weight excluding hydrogens is 499 g/mol. The summed E-state index contributed by atoms with van der Waals surface area (Å²) in [5.74, 6) is -0.0694. The SMILES string of the molecule is CCCC(CSc1ccc(OC(C)(C)C(=O)O)c(C)c1)N=C(SC)c1ccc(OC(F)(F)F)cc1. The summed E-state index contributed by atoms with van der Waals surface area (Å²) in [6, 6.07) is 11.4. The number of thioether (sulfide) groups is 2. The lowest BCUT2D eigenvalue weighted by molar-refractivity contribution is -0.274. The monoisotopic (exact) mass is 529 g/mol. The summed E-state index contributed by atoms with van der Waals surface area (Å²) in [7, 11) is 0. The Morgan fingerprint density at radius 2 is 1.77 bits per heavy atom. The molecule has 0 aliphatic rings. The molecule has 2 aromatic rings. The lowest BCUT2D eigenvalue weighted by atomic mass is 10.1. The van der Waals surface area contributed by atoms with E-state index < -0.39 is 17.9 Å². The molecule has 192 valence electrons. The Kier molecular flexibility index (Phi) is 10.4. The smallest absolute Gasteiger partial charge is 0.478 e. The second kappa shape index (κ2) is 12.6. The van der Waals surface area contributed by atoms with Crippen LogP contribution >= 0.6 is 23.5 Å². The Bertz CT molecular complexity index is 1020. The van der Waals surface area contributed by atoms with Crippen LogP contribution in [0.3, 0.4) is 0 Å². The van der Waals surface area contributed by atoms with Crippen molar-refractivity contribution in [1.82, 2.24) is 0 Å². The van der Waals surface area contributed by atoms with Crippen LogP contribution in [0.1, 0.15) is 44.7 Å². The molecule has 0 saturated carbocycles. The van der Waals surface area contributed by atoms with Crippen LogP contribution in [0.15, 0.2) is 52.4 Å². The minimum atomic E-state index is -4.73. The molecule has 0 heterocycles. The normalized spacial score (nSPS) is 13.4. The number of alkyl halides is 3. The van der Waals surface area contributed by atoms with Gasteiger partial charge in [0.15, 0.2) is 5.60 Å². The second-order valence-electron chi connectivity index (χ2n) is 8.31. The first-order valence-electron chi connectivity index (χ1n) is 11.0. The van der Waals surface area contributed by atoms with E-state index in [1.165, 1.54) is 37.7 Å². The number of carbonyl (C=O) groups is 1. The van der Waals surface area contributed by atoms with E-state index in [0.29, 0.717) is 11.5 Å². The quantitative estimate of drug-likeness (QED) is 0.189. The van der Waals surface area contributed by atoms with E-state index in [4.69, 9.17) is 9.73 Å². The van der Waals surface area contributed by atoms with Gasteiger partial charge >= 0.3 is 12.3 Å². The Morgan fingerprint density at radius 1 is 1.11 bits per heavy atom. The van der Waals surface area contributed by atoms with Crippen LogP contribution in [-0.2, 0) is 4.79 Å². The minimum Gasteiger partial charge on any atom is -0.478 e. The van der Waals surface area contributed by atoms with Crippen LogP contribution in [0, 0.1) is 6.92 Å². The first-order valence-corrected chi connectivity index (χ1v) is 13.2. The molecular formula is C25H30F3NO4S2. The van der Waals surface area contributed by atoms with Gasteiger partial charge in [-0.15, -0.1) is 36.7 Å². The van der Waals surface area contributed by atoms with E-state index in [9.17, 15) is 23.1 Å². The van der Waals surface area contributed by atoms with Gasteiger partial charge in [0.1, 0.15) is 11.5 Å². The summed E-state index contributed by atoms with van der Waals surface area (Å²) in [4.78, 5) is 17.2. The molecule has 1 N–H and O–H groups in total. The van der Waals surface area contributed by atoms with Gasteiger partial charge in [-0.2, -0.15) is 0 Å². The number of rotatable bonds is 11. The Hall–Kier alpha value is -2.33. The van der Waals surface area contributed by atoms with Crippen LogP contribution in [0.2, 0.25) is 0 Å². The van der Waals surface area contributed by atoms with Crippen molar-refractivity contribution in [1.29, 1.82) is 0 Å². The zero-order valence-corrected chi connectivity index (χ0v) is 21.9. The average molecular weight is 530 g/mol. The lowest BCUT2D eigenvalue weighted by Crippen LogP contribution is -2.38. The molecule has 0 bridgehead atoms. The number of hydrogen-bond donors (Lipinski definition) is 1. The standard InChI is InChI=1S/C25H30F3NO4S2/c1-6-7-18(29-22(34-5)17-8-10-19(11-9-17)32-25(26,27)28)15-35-20-12-13-21(16(2)14-20)33-24(3,4)23(30)31/h8-14,18H,6-7,15H2,1-5H3,(H,30,31). The van der Waals surface area contributed by atoms with E-state index >= 15 is 0 Å². The molecule has 0 radical (unpaired) electrons. The number of aliphatic imine (C=N–C) groups is 1. The number of carboxylic acids is 1. The molecule has 1 atom stereocenters. The molecule has 5 nitrogen and oxygen atoms in total. The van der Waals surface area contributed by atoms with Crippen molar-refractivity contribution in [2.45, 2.75) is 63.4 Å². The molecule has 0 aromatic heterocycles. The summed E-state index contributed by atoms with van der Waals surface area (Å²) < 4.78 is 46.9. The van der Waals surface area contributed by atoms with Crippen molar-refractivity contribution in [3.05, 3.63) is 53.6 Å². The number of aryl methyl sites for hydroxylation is 1. The zero-order valence-electron chi connectivity index (χ0n) is 20.3. The highest BCUT2D eigenvalue weighted by molar-refractivity contribution is 8.13. The first kappa shape index (κ1) is 28.9. The molecule has 0 amide bonds. The molecule has 2 rings (SSSR count). The van der Waals surface area contributed by atoms with Gasteiger partial charge in [0.2, 0.25) is 0 Å². The third kappa shape index (κ3) is 9.33. The van der Waals surface area contributed by atoms with Crippen LogP contribution < -0.4 is 9.47 Å². The molecule has 0 fully saturated rings. The van der Waals surface area contributed by atoms with E-state index in [0.717, 1.165) is 33.9 Å². The third-order valence-corrected chi connectivity index (χ3v) is 6.79. The average Bonchev–Trinajstić information content (AvgIpc) is 2.76. The van der Waals surface area contributed by atoms with E-state index in [1.54, 1.807) is 30.0 Å². The van der Waals surface area contributed by atoms with Gasteiger partial charge in [0.25, 0.3) is 0 Å². The highest BCUT2D eigenvalue weighted by Gasteiger charge is 2.31. The van der Waals surface area contributed by atoms with Crippen LogP contribution in [0.5, 0.6) is 11.5 Å². The van der Waals surface area contributed by atoms with Crippen molar-refractivity contribution in [3.8, 4) is 11.5 Å². The molecule has 0 spiro atoms. The predicted octanol–water partition coefficient (Wildman–Crippen LogP) is 7.21. The van der Waals surface area contributed by atoms with Crippen LogP contribution in [-0.4, -0.2) is 46.1 Å². The maximum absolute atomic E-state index is 12.4. The molecule has 35 heavy (non-hydrogen) atoms. The number of halogens is 3. The maximum Gasteiger partial charge on any atom is 0.573 e. The molecule has 0 saturated heterocycles. The van der Waals surface area contributed by atoms with E-state index in [-0.39, 0.29) is 11.8 Å². The second-order valence-corrected chi connectivity index (χ2v) is 10.2. The van der Waals surface area contributed by atoms with Crippen molar-refractivity contribution in [2.75, 3.05) is 12.0 Å². The van der Waals surface area contributed by atoms with Crippen LogP contribution in [0.4, 0.5) is 13.2 Å². The number of aliphatic carboxylic acids is 1. The van der Waals surface area contributed by atoms with Gasteiger partial charge in [-0.3, -0.25) is 4.99 Å². The van der Waals surface area contributed by atoms with Crippen molar-refractivity contribution in [3.63, 3.8) is 0 Å². The zero-order chi connectivity index (χ0) is 26.2. The number of nitrogens with zero attached hydrogens (tertiary/aromatic N) is 1. The summed E-state index contributed by atoms with van der Waals surface area (Å²) in [6.45, 7) is 6.96.